The summed E-state index contributed by atoms with van der Waals surface area (Å²) in [6, 6.07) is 8.98. The summed E-state index contributed by atoms with van der Waals surface area (Å²) in [4.78, 5) is 12.9. The summed E-state index contributed by atoms with van der Waals surface area (Å²) < 4.78 is 1.74. The van der Waals surface area contributed by atoms with Gasteiger partial charge in [-0.2, -0.15) is 5.10 Å². The second-order valence-corrected chi connectivity index (χ2v) is 7.86. The van der Waals surface area contributed by atoms with Gasteiger partial charge >= 0.3 is 0 Å². The molecule has 0 radical (unpaired) electrons. The summed E-state index contributed by atoms with van der Waals surface area (Å²) in [5.41, 5.74) is 3.43. The molecule has 0 saturated carbocycles. The van der Waals surface area contributed by atoms with Crippen LogP contribution in [0.4, 0.5) is 5.82 Å². The van der Waals surface area contributed by atoms with Crippen LogP contribution in [0.5, 0.6) is 0 Å². The van der Waals surface area contributed by atoms with Crippen molar-refractivity contribution in [2.45, 2.75) is 33.2 Å². The minimum absolute atomic E-state index is 0. The van der Waals surface area contributed by atoms with Crippen LogP contribution >= 0.6 is 24.0 Å². The molecule has 1 unspecified atom stereocenters. The van der Waals surface area contributed by atoms with Gasteiger partial charge in [0, 0.05) is 27.2 Å². The molecule has 0 aliphatic carbocycles. The Kier molecular flexibility index (Phi) is 9.47. The zero-order chi connectivity index (χ0) is 21.5. The Bertz CT molecular complexity index is 981. The van der Waals surface area contributed by atoms with Gasteiger partial charge in [-0.25, -0.2) is 9.97 Å². The van der Waals surface area contributed by atoms with Gasteiger partial charge in [-0.1, -0.05) is 38.1 Å². The lowest BCUT2D eigenvalue weighted by molar-refractivity contribution is 0.645. The van der Waals surface area contributed by atoms with Crippen molar-refractivity contribution in [3.8, 4) is 0 Å². The Morgan fingerprint density at radius 1 is 1.10 bits per heavy atom. The second-order valence-electron chi connectivity index (χ2n) is 7.86. The molecule has 1 atom stereocenters. The summed E-state index contributed by atoms with van der Waals surface area (Å²) in [5.74, 6) is 2.22. The van der Waals surface area contributed by atoms with Crippen LogP contribution in [0.2, 0.25) is 0 Å². The number of halogens is 1. The quantitative estimate of drug-likeness (QED) is 0.177. The number of guanidine groups is 1. The zero-order valence-electron chi connectivity index (χ0n) is 18.9. The minimum Gasteiger partial charge on any atom is -0.368 e. The Hall–Kier alpha value is -2.43. The average molecular weight is 536 g/mol. The van der Waals surface area contributed by atoms with E-state index >= 15 is 0 Å². The normalized spacial score (nSPS) is 12.5. The van der Waals surface area contributed by atoms with E-state index in [-0.39, 0.29) is 30.0 Å². The van der Waals surface area contributed by atoms with Gasteiger partial charge in [-0.05, 0) is 30.4 Å². The lowest BCUT2D eigenvalue weighted by atomic mass is 10.00. The zero-order valence-corrected chi connectivity index (χ0v) is 21.2. The number of aliphatic imine (C=N–C) groups is 1. The first-order valence-corrected chi connectivity index (χ1v) is 10.4. The Morgan fingerprint density at radius 2 is 1.84 bits per heavy atom. The molecule has 1 aromatic carbocycles. The molecule has 0 spiro atoms. The molecular formula is C22H33IN8. The van der Waals surface area contributed by atoms with Crippen LogP contribution in [0.3, 0.4) is 0 Å². The van der Waals surface area contributed by atoms with Crippen molar-refractivity contribution in [1.82, 2.24) is 30.4 Å². The van der Waals surface area contributed by atoms with Crippen LogP contribution in [-0.4, -0.2) is 45.8 Å². The fourth-order valence-corrected chi connectivity index (χ4v) is 3.36. The van der Waals surface area contributed by atoms with Gasteiger partial charge in [0.1, 0.15) is 12.1 Å². The van der Waals surface area contributed by atoms with E-state index in [0.29, 0.717) is 19.0 Å². The number of fused-ring (bicyclic) bond motifs is 1. The van der Waals surface area contributed by atoms with Crippen molar-refractivity contribution in [2.75, 3.05) is 25.5 Å². The van der Waals surface area contributed by atoms with Gasteiger partial charge in [0.25, 0.3) is 0 Å². The SMILES string of the molecule is CN=C(NCCNc1ncnc2c1cnn2C)NC(C)c1ccc(CC(C)C)cc1.I. The Balaban J connectivity index is 0.00000341. The van der Waals surface area contributed by atoms with E-state index in [9.17, 15) is 0 Å². The van der Waals surface area contributed by atoms with Crippen molar-refractivity contribution >= 4 is 46.8 Å². The average Bonchev–Trinajstić information content (AvgIpc) is 3.12. The van der Waals surface area contributed by atoms with Crippen molar-refractivity contribution in [2.24, 2.45) is 18.0 Å². The third kappa shape index (κ3) is 6.78. The highest BCUT2D eigenvalue weighted by Crippen LogP contribution is 2.17. The lowest BCUT2D eigenvalue weighted by Gasteiger charge is -2.19. The van der Waals surface area contributed by atoms with E-state index in [2.05, 4.69) is 81.0 Å². The second kappa shape index (κ2) is 11.8. The van der Waals surface area contributed by atoms with Crippen LogP contribution in [0.1, 0.15) is 37.9 Å². The third-order valence-electron chi connectivity index (χ3n) is 4.94. The third-order valence-corrected chi connectivity index (χ3v) is 4.94. The number of benzene rings is 1. The Morgan fingerprint density at radius 3 is 2.52 bits per heavy atom. The molecule has 0 saturated heterocycles. The fraction of sp³-hybridized carbons (Fsp3) is 0.455. The van der Waals surface area contributed by atoms with Crippen LogP contribution in [0.25, 0.3) is 11.0 Å². The molecule has 0 aliphatic heterocycles. The van der Waals surface area contributed by atoms with Crippen LogP contribution in [0, 0.1) is 5.92 Å². The summed E-state index contributed by atoms with van der Waals surface area (Å²) in [7, 11) is 3.65. The monoisotopic (exact) mass is 536 g/mol. The molecule has 2 aromatic heterocycles. The first-order valence-electron chi connectivity index (χ1n) is 10.4. The molecule has 3 rings (SSSR count). The van der Waals surface area contributed by atoms with E-state index < -0.39 is 0 Å². The van der Waals surface area contributed by atoms with Crippen LogP contribution in [0.15, 0.2) is 41.8 Å². The summed E-state index contributed by atoms with van der Waals surface area (Å²) in [6.07, 6.45) is 4.43. The van der Waals surface area contributed by atoms with Crippen LogP contribution < -0.4 is 16.0 Å². The van der Waals surface area contributed by atoms with Gasteiger partial charge in [0.2, 0.25) is 0 Å². The highest BCUT2D eigenvalue weighted by Gasteiger charge is 2.09. The predicted molar refractivity (Wildman–Crippen MR) is 138 cm³/mol. The van der Waals surface area contributed by atoms with Gasteiger partial charge < -0.3 is 16.0 Å². The standard InChI is InChI=1S/C22H32N8.HI/c1-15(2)12-17-6-8-18(9-7-17)16(3)29-22(23-4)25-11-10-24-20-19-13-28-30(5)21(19)27-14-26-20;/h6-9,13-16H,10-12H2,1-5H3,(H2,23,25,29)(H,24,26,27);1H. The molecule has 3 aromatic rings. The molecule has 0 amide bonds. The minimum atomic E-state index is 0. The smallest absolute Gasteiger partial charge is 0.191 e. The number of nitrogens with one attached hydrogen (secondary N) is 3. The molecular weight excluding hydrogens is 503 g/mol. The van der Waals surface area contributed by atoms with E-state index in [1.165, 1.54) is 11.1 Å². The van der Waals surface area contributed by atoms with E-state index in [1.54, 1.807) is 24.3 Å². The molecule has 9 heteroatoms. The molecule has 31 heavy (non-hydrogen) atoms. The first-order chi connectivity index (χ1) is 14.5. The predicted octanol–water partition coefficient (Wildman–Crippen LogP) is 3.52. The van der Waals surface area contributed by atoms with E-state index in [1.807, 2.05) is 7.05 Å². The van der Waals surface area contributed by atoms with Gasteiger partial charge in [-0.3, -0.25) is 9.67 Å². The van der Waals surface area contributed by atoms with Crippen molar-refractivity contribution in [1.29, 1.82) is 0 Å². The number of aryl methyl sites for hydroxylation is 1. The molecule has 3 N–H and O–H groups in total. The van der Waals surface area contributed by atoms with Gasteiger partial charge in [0.15, 0.2) is 11.6 Å². The molecule has 0 fully saturated rings. The number of rotatable bonds is 8. The number of hydrogen-bond donors (Lipinski definition) is 3. The maximum absolute atomic E-state index is 4.34. The highest BCUT2D eigenvalue weighted by atomic mass is 127. The molecule has 168 valence electrons. The number of nitrogens with zero attached hydrogens (tertiary/aromatic N) is 5. The van der Waals surface area contributed by atoms with E-state index in [4.69, 9.17) is 0 Å². The number of anilines is 1. The fourth-order valence-electron chi connectivity index (χ4n) is 3.36. The molecule has 2 heterocycles. The number of hydrogen-bond acceptors (Lipinski definition) is 5. The maximum atomic E-state index is 4.34. The summed E-state index contributed by atoms with van der Waals surface area (Å²) >= 11 is 0. The molecule has 0 bridgehead atoms. The van der Waals surface area contributed by atoms with Crippen molar-refractivity contribution in [3.63, 3.8) is 0 Å². The van der Waals surface area contributed by atoms with Gasteiger partial charge in [0.05, 0.1) is 17.6 Å². The Labute approximate surface area is 201 Å². The van der Waals surface area contributed by atoms with Gasteiger partial charge in [-0.15, -0.1) is 24.0 Å². The summed E-state index contributed by atoms with van der Waals surface area (Å²) in [6.45, 7) is 8.02. The highest BCUT2D eigenvalue weighted by molar-refractivity contribution is 14.0. The molecule has 0 aliphatic rings. The van der Waals surface area contributed by atoms with Crippen molar-refractivity contribution in [3.05, 3.63) is 47.9 Å². The maximum Gasteiger partial charge on any atom is 0.191 e. The number of aromatic nitrogens is 4. The topological polar surface area (TPSA) is 92.1 Å². The largest absolute Gasteiger partial charge is 0.368 e. The molecule has 8 nitrogen and oxygen atoms in total. The van der Waals surface area contributed by atoms with Crippen LogP contribution in [-0.2, 0) is 13.5 Å². The summed E-state index contributed by atoms with van der Waals surface area (Å²) in [5, 5.41) is 15.3. The first kappa shape index (κ1) is 24.8. The van der Waals surface area contributed by atoms with E-state index in [0.717, 1.165) is 29.2 Å². The lowest BCUT2D eigenvalue weighted by Crippen LogP contribution is -2.40. The van der Waals surface area contributed by atoms with Crippen molar-refractivity contribution < 1.29 is 0 Å².